The summed E-state index contributed by atoms with van der Waals surface area (Å²) in [5.41, 5.74) is -6.46. The van der Waals surface area contributed by atoms with Gasteiger partial charge in [0.15, 0.2) is 0 Å². The number of hydrogen-bond acceptors (Lipinski definition) is 7. The number of carbonyl (C=O) groups is 2. The second-order valence-electron chi connectivity index (χ2n) is 5.87. The highest BCUT2D eigenvalue weighted by atomic mass is 16.5. The summed E-state index contributed by atoms with van der Waals surface area (Å²) < 4.78 is 5.33. The molecule has 0 aliphatic carbocycles. The molecule has 3 heterocycles. The van der Waals surface area contributed by atoms with E-state index in [-0.39, 0.29) is 13.0 Å². The Kier molecular flexibility index (Phi) is 3.75. The molecule has 0 saturated carbocycles. The van der Waals surface area contributed by atoms with Crippen molar-refractivity contribution in [3.05, 3.63) is 0 Å². The lowest BCUT2D eigenvalue weighted by Gasteiger charge is -2.50. The zero-order chi connectivity index (χ0) is 16.1. The number of carbonyl (C=O) groups excluding carboxylic acids is 2. The van der Waals surface area contributed by atoms with Crippen LogP contribution in [0.2, 0.25) is 0 Å². The molecule has 0 aromatic carbocycles. The lowest BCUT2D eigenvalue weighted by molar-refractivity contribution is -0.240. The van der Waals surface area contributed by atoms with Crippen LogP contribution in [0.1, 0.15) is 20.3 Å². The van der Waals surface area contributed by atoms with Crippen LogP contribution in [0.5, 0.6) is 0 Å². The third-order valence-corrected chi connectivity index (χ3v) is 4.17. The van der Waals surface area contributed by atoms with E-state index in [0.29, 0.717) is 0 Å². The summed E-state index contributed by atoms with van der Waals surface area (Å²) in [5, 5.41) is 43.9. The molecule has 0 spiro atoms. The topological polar surface area (TPSA) is 148 Å². The van der Waals surface area contributed by atoms with Crippen molar-refractivity contribution in [2.75, 3.05) is 13.2 Å². The maximum absolute atomic E-state index is 12.3. The van der Waals surface area contributed by atoms with Gasteiger partial charge in [-0.25, -0.2) is 0 Å². The standard InChI is InChI=1S/C12H20N2O7/c1-6-3-4-21-12(7(16)10(2,19)5-15)9(18)13-11(6,20)8(17)14-12/h6-7,15-16,19-20H,3-5H2,1-2H3,(H,13,18)(H,14,17). The zero-order valence-corrected chi connectivity index (χ0v) is 11.8. The van der Waals surface area contributed by atoms with Gasteiger partial charge in [-0.1, -0.05) is 6.92 Å². The molecule has 5 atom stereocenters. The van der Waals surface area contributed by atoms with Crippen molar-refractivity contribution in [1.82, 2.24) is 10.6 Å². The van der Waals surface area contributed by atoms with Crippen LogP contribution >= 0.6 is 0 Å². The van der Waals surface area contributed by atoms with E-state index in [4.69, 9.17) is 9.84 Å². The van der Waals surface area contributed by atoms with Gasteiger partial charge in [0.2, 0.25) is 5.72 Å². The largest absolute Gasteiger partial charge is 0.393 e. The summed E-state index contributed by atoms with van der Waals surface area (Å²) in [7, 11) is 0. The highest BCUT2D eigenvalue weighted by Gasteiger charge is 2.63. The molecule has 0 aromatic heterocycles. The lowest BCUT2D eigenvalue weighted by atomic mass is 9.83. The predicted octanol–water partition coefficient (Wildman–Crippen LogP) is -3.22. The van der Waals surface area contributed by atoms with Crippen LogP contribution in [0.4, 0.5) is 0 Å². The SMILES string of the molecule is CC1CCOC2(C(O)C(C)(O)CO)NC(=O)C1(O)NC2=O. The number of amides is 2. The Morgan fingerprint density at radius 3 is 2.62 bits per heavy atom. The van der Waals surface area contributed by atoms with Crippen LogP contribution in [0, 0.1) is 5.92 Å². The Morgan fingerprint density at radius 1 is 1.43 bits per heavy atom. The summed E-state index contributed by atoms with van der Waals surface area (Å²) in [4.78, 5) is 24.4. The molecule has 5 unspecified atom stereocenters. The summed E-state index contributed by atoms with van der Waals surface area (Å²) >= 11 is 0. The Balaban J connectivity index is 2.45. The van der Waals surface area contributed by atoms with Crippen molar-refractivity contribution in [3.63, 3.8) is 0 Å². The average molecular weight is 304 g/mol. The second-order valence-corrected chi connectivity index (χ2v) is 5.87. The Labute approximate surface area is 120 Å². The quantitative estimate of drug-likeness (QED) is 0.321. The number of ether oxygens (including phenoxy) is 1. The van der Waals surface area contributed by atoms with Crippen LogP contribution in [0.25, 0.3) is 0 Å². The fourth-order valence-corrected chi connectivity index (χ4v) is 2.49. The number of aliphatic hydroxyl groups excluding tert-OH is 2. The molecule has 2 bridgehead atoms. The first-order chi connectivity index (χ1) is 9.60. The van der Waals surface area contributed by atoms with Gasteiger partial charge in [-0.3, -0.25) is 9.59 Å². The van der Waals surface area contributed by atoms with Crippen molar-refractivity contribution in [3.8, 4) is 0 Å². The number of piperazine rings is 1. The minimum Gasteiger partial charge on any atom is -0.393 e. The van der Waals surface area contributed by atoms with Gasteiger partial charge in [-0.15, -0.1) is 0 Å². The molecule has 0 aromatic rings. The van der Waals surface area contributed by atoms with Gasteiger partial charge in [0, 0.05) is 5.92 Å². The molecule has 120 valence electrons. The molecular weight excluding hydrogens is 284 g/mol. The first-order valence-corrected chi connectivity index (χ1v) is 6.63. The van der Waals surface area contributed by atoms with Crippen molar-refractivity contribution < 1.29 is 34.8 Å². The van der Waals surface area contributed by atoms with Crippen molar-refractivity contribution in [2.45, 2.75) is 43.4 Å². The van der Waals surface area contributed by atoms with Gasteiger partial charge < -0.3 is 35.8 Å². The monoisotopic (exact) mass is 304 g/mol. The van der Waals surface area contributed by atoms with E-state index in [1.165, 1.54) is 0 Å². The highest BCUT2D eigenvalue weighted by molar-refractivity contribution is 6.01. The molecule has 3 saturated heterocycles. The average Bonchev–Trinajstić information content (AvgIpc) is 2.42. The first kappa shape index (κ1) is 16.1. The summed E-state index contributed by atoms with van der Waals surface area (Å²) in [6.07, 6.45) is -1.68. The molecule has 9 heteroatoms. The van der Waals surface area contributed by atoms with Crippen LogP contribution in [0.15, 0.2) is 0 Å². The normalized spacial score (nSPS) is 40.6. The van der Waals surface area contributed by atoms with Gasteiger partial charge in [0.1, 0.15) is 11.7 Å². The van der Waals surface area contributed by atoms with Gasteiger partial charge in [0.25, 0.3) is 17.5 Å². The third-order valence-electron chi connectivity index (χ3n) is 4.17. The molecule has 3 aliphatic rings. The smallest absolute Gasteiger partial charge is 0.278 e. The zero-order valence-electron chi connectivity index (χ0n) is 11.8. The van der Waals surface area contributed by atoms with E-state index in [9.17, 15) is 24.9 Å². The maximum atomic E-state index is 12.3. The van der Waals surface area contributed by atoms with Crippen LogP contribution in [0.3, 0.4) is 0 Å². The first-order valence-electron chi connectivity index (χ1n) is 6.63. The van der Waals surface area contributed by atoms with Gasteiger partial charge >= 0.3 is 0 Å². The molecule has 9 nitrogen and oxygen atoms in total. The van der Waals surface area contributed by atoms with E-state index < -0.39 is 47.5 Å². The highest BCUT2D eigenvalue weighted by Crippen LogP contribution is 2.33. The minimum atomic E-state index is -2.27. The van der Waals surface area contributed by atoms with Crippen molar-refractivity contribution in [2.24, 2.45) is 5.92 Å². The second kappa shape index (κ2) is 4.89. The van der Waals surface area contributed by atoms with Crippen LogP contribution in [-0.4, -0.2) is 68.6 Å². The van der Waals surface area contributed by atoms with E-state index in [0.717, 1.165) is 6.92 Å². The molecule has 21 heavy (non-hydrogen) atoms. The number of aliphatic hydroxyl groups is 4. The Bertz CT molecular complexity index is 469. The van der Waals surface area contributed by atoms with Gasteiger partial charge in [0.05, 0.1) is 13.2 Å². The molecule has 0 radical (unpaired) electrons. The van der Waals surface area contributed by atoms with Crippen molar-refractivity contribution in [1.29, 1.82) is 0 Å². The van der Waals surface area contributed by atoms with E-state index >= 15 is 0 Å². The molecule has 3 rings (SSSR count). The molecule has 6 N–H and O–H groups in total. The summed E-state index contributed by atoms with van der Waals surface area (Å²) in [5.74, 6) is -2.53. The van der Waals surface area contributed by atoms with Crippen LogP contribution in [-0.2, 0) is 14.3 Å². The van der Waals surface area contributed by atoms with Crippen molar-refractivity contribution >= 4 is 11.8 Å². The summed E-state index contributed by atoms with van der Waals surface area (Å²) in [6, 6.07) is 0. The predicted molar refractivity (Wildman–Crippen MR) is 67.4 cm³/mol. The maximum Gasteiger partial charge on any atom is 0.278 e. The number of nitrogens with one attached hydrogen (secondary N) is 2. The molecule has 3 fully saturated rings. The summed E-state index contributed by atoms with van der Waals surface area (Å²) in [6.45, 7) is 1.78. The Hall–Kier alpha value is -1.26. The Morgan fingerprint density at radius 2 is 2.05 bits per heavy atom. The van der Waals surface area contributed by atoms with E-state index in [1.807, 2.05) is 0 Å². The molecular formula is C12H20N2O7. The molecule has 3 aliphatic heterocycles. The number of fused-ring (bicyclic) bond motifs is 5. The lowest BCUT2D eigenvalue weighted by Crippen LogP contribution is -2.83. The number of hydrogen-bond donors (Lipinski definition) is 6. The molecule has 2 amide bonds. The fourth-order valence-electron chi connectivity index (χ4n) is 2.49. The van der Waals surface area contributed by atoms with E-state index in [2.05, 4.69) is 10.6 Å². The minimum absolute atomic E-state index is 0.0320. The van der Waals surface area contributed by atoms with Gasteiger partial charge in [-0.05, 0) is 13.3 Å². The van der Waals surface area contributed by atoms with Crippen LogP contribution < -0.4 is 10.6 Å². The van der Waals surface area contributed by atoms with Gasteiger partial charge in [-0.2, -0.15) is 0 Å². The third kappa shape index (κ3) is 2.21. The van der Waals surface area contributed by atoms with E-state index in [1.54, 1.807) is 6.92 Å². The fraction of sp³-hybridized carbons (Fsp3) is 0.833. The number of rotatable bonds is 3.